The van der Waals surface area contributed by atoms with Crippen molar-refractivity contribution in [3.63, 3.8) is 0 Å². The molecule has 1 aromatic rings. The predicted molar refractivity (Wildman–Crippen MR) is 92.5 cm³/mol. The van der Waals surface area contributed by atoms with Crippen molar-refractivity contribution in [3.8, 4) is 0 Å². The molecule has 0 radical (unpaired) electrons. The first-order chi connectivity index (χ1) is 10.9. The topological polar surface area (TPSA) is 84.9 Å². The standard InChI is InChI=1S/C18H27NO5/c1-11-8-9-12(18(5,6)14(23-7)15(20)21)10-13(11)19-16(22)24-17(2,3)4/h8-10,14H,1-7H3,(H,19,22)(H,20,21). The third kappa shape index (κ3) is 4.96. The lowest BCUT2D eigenvalue weighted by atomic mass is 9.78. The number of hydrogen-bond donors (Lipinski definition) is 2. The molecule has 2 N–H and O–H groups in total. The molecule has 0 heterocycles. The fourth-order valence-corrected chi connectivity index (χ4v) is 2.43. The molecule has 0 aliphatic heterocycles. The Balaban J connectivity index is 3.13. The first-order valence-electron chi connectivity index (χ1n) is 7.75. The highest BCUT2D eigenvalue weighted by Crippen LogP contribution is 2.32. The van der Waals surface area contributed by atoms with Gasteiger partial charge in [0.1, 0.15) is 5.60 Å². The van der Waals surface area contributed by atoms with Crippen molar-refractivity contribution in [3.05, 3.63) is 29.3 Å². The summed E-state index contributed by atoms with van der Waals surface area (Å²) in [5.41, 5.74) is 0.797. The monoisotopic (exact) mass is 337 g/mol. The second kappa shape index (κ2) is 7.21. The molecule has 0 aromatic heterocycles. The van der Waals surface area contributed by atoms with Crippen LogP contribution in [0.15, 0.2) is 18.2 Å². The minimum atomic E-state index is -1.04. The van der Waals surface area contributed by atoms with Crippen molar-refractivity contribution < 1.29 is 24.2 Å². The van der Waals surface area contributed by atoms with Crippen molar-refractivity contribution in [1.82, 2.24) is 0 Å². The Kier molecular flexibility index (Phi) is 6.00. The minimum Gasteiger partial charge on any atom is -0.479 e. The van der Waals surface area contributed by atoms with Gasteiger partial charge in [0.05, 0.1) is 0 Å². The Hall–Kier alpha value is -2.08. The molecule has 24 heavy (non-hydrogen) atoms. The van der Waals surface area contributed by atoms with Crippen LogP contribution in [0, 0.1) is 6.92 Å². The number of hydrogen-bond acceptors (Lipinski definition) is 4. The molecule has 1 amide bonds. The van der Waals surface area contributed by atoms with Gasteiger partial charge in [-0.15, -0.1) is 0 Å². The quantitative estimate of drug-likeness (QED) is 0.855. The number of methoxy groups -OCH3 is 1. The lowest BCUT2D eigenvalue weighted by molar-refractivity contribution is -0.152. The van der Waals surface area contributed by atoms with Crippen LogP contribution >= 0.6 is 0 Å². The largest absolute Gasteiger partial charge is 0.479 e. The Morgan fingerprint density at radius 3 is 2.21 bits per heavy atom. The number of aliphatic carboxylic acids is 1. The van der Waals surface area contributed by atoms with Gasteiger partial charge in [-0.05, 0) is 44.9 Å². The lowest BCUT2D eigenvalue weighted by Gasteiger charge is -2.31. The highest BCUT2D eigenvalue weighted by Gasteiger charge is 2.37. The van der Waals surface area contributed by atoms with Crippen LogP contribution in [0.25, 0.3) is 0 Å². The van der Waals surface area contributed by atoms with Crippen LogP contribution in [0.3, 0.4) is 0 Å². The Morgan fingerprint density at radius 2 is 1.75 bits per heavy atom. The van der Waals surface area contributed by atoms with Crippen LogP contribution in [0.5, 0.6) is 0 Å². The van der Waals surface area contributed by atoms with Crippen LogP contribution in [-0.2, 0) is 19.7 Å². The second-order valence-corrected chi connectivity index (χ2v) is 7.33. The van der Waals surface area contributed by atoms with Crippen LogP contribution < -0.4 is 5.32 Å². The third-order valence-electron chi connectivity index (χ3n) is 3.73. The SMILES string of the molecule is COC(C(=O)O)C(C)(C)c1ccc(C)c(NC(=O)OC(C)(C)C)c1. The van der Waals surface area contributed by atoms with E-state index < -0.39 is 29.2 Å². The summed E-state index contributed by atoms with van der Waals surface area (Å²) in [5, 5.41) is 12.1. The number of carboxylic acid groups (broad SMARTS) is 1. The number of aryl methyl sites for hydroxylation is 1. The number of amides is 1. The Labute approximate surface area is 143 Å². The molecule has 1 unspecified atom stereocenters. The lowest BCUT2D eigenvalue weighted by Crippen LogP contribution is -2.41. The zero-order valence-corrected chi connectivity index (χ0v) is 15.4. The number of rotatable bonds is 5. The molecule has 0 saturated heterocycles. The van der Waals surface area contributed by atoms with Gasteiger partial charge in [-0.2, -0.15) is 0 Å². The molecule has 0 aliphatic rings. The van der Waals surface area contributed by atoms with Gasteiger partial charge in [0.2, 0.25) is 0 Å². The van der Waals surface area contributed by atoms with E-state index in [0.717, 1.165) is 11.1 Å². The van der Waals surface area contributed by atoms with Crippen LogP contribution in [-0.4, -0.2) is 36.0 Å². The first-order valence-corrected chi connectivity index (χ1v) is 7.75. The fraction of sp³-hybridized carbons (Fsp3) is 0.556. The van der Waals surface area contributed by atoms with E-state index in [2.05, 4.69) is 5.32 Å². The summed E-state index contributed by atoms with van der Waals surface area (Å²) in [6.45, 7) is 10.8. The summed E-state index contributed by atoms with van der Waals surface area (Å²) in [6, 6.07) is 5.43. The van der Waals surface area contributed by atoms with E-state index in [9.17, 15) is 14.7 Å². The summed E-state index contributed by atoms with van der Waals surface area (Å²) >= 11 is 0. The second-order valence-electron chi connectivity index (χ2n) is 7.33. The van der Waals surface area contributed by atoms with Crippen LogP contribution in [0.4, 0.5) is 10.5 Å². The first kappa shape index (κ1) is 20.0. The van der Waals surface area contributed by atoms with Crippen molar-refractivity contribution in [2.45, 2.75) is 58.7 Å². The average molecular weight is 337 g/mol. The minimum absolute atomic E-state index is 0.554. The number of carbonyl (C=O) groups excluding carboxylic acids is 1. The zero-order valence-electron chi connectivity index (χ0n) is 15.4. The highest BCUT2D eigenvalue weighted by molar-refractivity contribution is 5.86. The molecule has 0 saturated carbocycles. The van der Waals surface area contributed by atoms with Gasteiger partial charge in [-0.3, -0.25) is 5.32 Å². The molecule has 0 spiro atoms. The average Bonchev–Trinajstić information content (AvgIpc) is 2.38. The van der Waals surface area contributed by atoms with E-state index in [4.69, 9.17) is 9.47 Å². The van der Waals surface area contributed by atoms with Gasteiger partial charge < -0.3 is 14.6 Å². The van der Waals surface area contributed by atoms with Gasteiger partial charge in [0, 0.05) is 18.2 Å². The maximum Gasteiger partial charge on any atom is 0.412 e. The molecule has 0 fully saturated rings. The number of ether oxygens (including phenoxy) is 2. The fourth-order valence-electron chi connectivity index (χ4n) is 2.43. The van der Waals surface area contributed by atoms with Gasteiger partial charge in [0.25, 0.3) is 0 Å². The maximum atomic E-state index is 12.0. The van der Waals surface area contributed by atoms with Crippen molar-refractivity contribution in [2.75, 3.05) is 12.4 Å². The van der Waals surface area contributed by atoms with Crippen molar-refractivity contribution in [1.29, 1.82) is 0 Å². The van der Waals surface area contributed by atoms with Crippen LogP contribution in [0.2, 0.25) is 0 Å². The summed E-state index contributed by atoms with van der Waals surface area (Å²) in [6.07, 6.45) is -1.56. The molecule has 1 rings (SSSR count). The Bertz CT molecular complexity index is 616. The molecule has 6 nitrogen and oxygen atoms in total. The summed E-state index contributed by atoms with van der Waals surface area (Å²) in [4.78, 5) is 23.4. The van der Waals surface area contributed by atoms with Crippen molar-refractivity contribution >= 4 is 17.7 Å². The maximum absolute atomic E-state index is 12.0. The summed E-state index contributed by atoms with van der Waals surface area (Å²) in [7, 11) is 1.37. The zero-order chi connectivity index (χ0) is 18.7. The van der Waals surface area contributed by atoms with E-state index in [1.165, 1.54) is 7.11 Å². The molecule has 1 aromatic carbocycles. The van der Waals surface area contributed by atoms with E-state index in [1.807, 2.05) is 19.1 Å². The molecule has 0 bridgehead atoms. The number of anilines is 1. The van der Waals surface area contributed by atoms with Gasteiger partial charge >= 0.3 is 12.1 Å². The van der Waals surface area contributed by atoms with E-state index >= 15 is 0 Å². The number of nitrogens with one attached hydrogen (secondary N) is 1. The predicted octanol–water partition coefficient (Wildman–Crippen LogP) is 3.72. The summed E-state index contributed by atoms with van der Waals surface area (Å²) < 4.78 is 10.4. The summed E-state index contributed by atoms with van der Waals surface area (Å²) in [5.74, 6) is -1.04. The Morgan fingerprint density at radius 1 is 1.17 bits per heavy atom. The molecule has 0 aliphatic carbocycles. The van der Waals surface area contributed by atoms with E-state index in [1.54, 1.807) is 40.7 Å². The smallest absolute Gasteiger partial charge is 0.412 e. The highest BCUT2D eigenvalue weighted by atomic mass is 16.6. The van der Waals surface area contributed by atoms with Gasteiger partial charge in [-0.25, -0.2) is 9.59 Å². The van der Waals surface area contributed by atoms with Crippen molar-refractivity contribution in [2.24, 2.45) is 0 Å². The van der Waals surface area contributed by atoms with Crippen LogP contribution in [0.1, 0.15) is 45.7 Å². The number of carbonyl (C=O) groups is 2. The molecular weight excluding hydrogens is 310 g/mol. The molecular formula is C18H27NO5. The van der Waals surface area contributed by atoms with Gasteiger partial charge in [-0.1, -0.05) is 26.0 Å². The number of carboxylic acids is 1. The van der Waals surface area contributed by atoms with Gasteiger partial charge in [0.15, 0.2) is 6.10 Å². The number of benzene rings is 1. The van der Waals surface area contributed by atoms with E-state index in [-0.39, 0.29) is 0 Å². The molecule has 6 heteroatoms. The molecule has 134 valence electrons. The normalized spacial score (nSPS) is 13.3. The molecule has 1 atom stereocenters. The van der Waals surface area contributed by atoms with E-state index in [0.29, 0.717) is 5.69 Å². The third-order valence-corrected chi connectivity index (χ3v) is 3.73.